The Hall–Kier alpha value is -2.89. The van der Waals surface area contributed by atoms with Gasteiger partial charge < -0.3 is 15.2 Å². The van der Waals surface area contributed by atoms with Crippen molar-refractivity contribution in [3.8, 4) is 0 Å². The molecule has 0 aliphatic carbocycles. The molecule has 0 bridgehead atoms. The summed E-state index contributed by atoms with van der Waals surface area (Å²) in [6.07, 6.45) is -1.03. The maximum atomic E-state index is 13.6. The molecule has 2 rings (SSSR count). The summed E-state index contributed by atoms with van der Waals surface area (Å²) in [6.45, 7) is 0.0265. The summed E-state index contributed by atoms with van der Waals surface area (Å²) in [6, 6.07) is 13.5. The fourth-order valence-electron chi connectivity index (χ4n) is 1.99. The lowest BCUT2D eigenvalue weighted by molar-refractivity contribution is -0.139. The van der Waals surface area contributed by atoms with Crippen LogP contribution in [0.1, 0.15) is 11.1 Å². The molecule has 1 atom stereocenters. The minimum absolute atomic E-state index is 0.0265. The Morgan fingerprint density at radius 2 is 1.74 bits per heavy atom. The van der Waals surface area contributed by atoms with Gasteiger partial charge in [0.2, 0.25) is 0 Å². The lowest BCUT2D eigenvalue weighted by Gasteiger charge is -2.15. The fourth-order valence-corrected chi connectivity index (χ4v) is 1.99. The topological polar surface area (TPSA) is 75.6 Å². The van der Waals surface area contributed by atoms with Crippen LogP contribution in [-0.4, -0.2) is 23.2 Å². The quantitative estimate of drug-likeness (QED) is 0.859. The largest absolute Gasteiger partial charge is 0.480 e. The number of hydrogen-bond acceptors (Lipinski definition) is 3. The van der Waals surface area contributed by atoms with Crippen LogP contribution in [0, 0.1) is 5.82 Å². The summed E-state index contributed by atoms with van der Waals surface area (Å²) >= 11 is 0. The first-order chi connectivity index (χ1) is 11.1. The van der Waals surface area contributed by atoms with Crippen molar-refractivity contribution in [3.63, 3.8) is 0 Å². The van der Waals surface area contributed by atoms with Gasteiger partial charge in [0.15, 0.2) is 0 Å². The number of alkyl carbamates (subject to hydrolysis) is 1. The van der Waals surface area contributed by atoms with Crippen molar-refractivity contribution in [2.24, 2.45) is 0 Å². The number of carboxylic acids is 1. The number of carbonyl (C=O) groups is 2. The predicted molar refractivity (Wildman–Crippen MR) is 81.3 cm³/mol. The molecule has 0 saturated carbocycles. The Balaban J connectivity index is 1.92. The highest BCUT2D eigenvalue weighted by Crippen LogP contribution is 2.10. The van der Waals surface area contributed by atoms with E-state index in [2.05, 4.69) is 5.32 Å². The molecule has 2 N–H and O–H groups in total. The number of aliphatic carboxylic acids is 1. The number of carboxylic acid groups (broad SMARTS) is 1. The molecule has 0 spiro atoms. The van der Waals surface area contributed by atoms with Gasteiger partial charge in [-0.2, -0.15) is 0 Å². The Morgan fingerprint density at radius 1 is 1.09 bits per heavy atom. The van der Waals surface area contributed by atoms with E-state index >= 15 is 0 Å². The Morgan fingerprint density at radius 3 is 2.39 bits per heavy atom. The minimum atomic E-state index is -1.27. The molecule has 2 aromatic carbocycles. The van der Waals surface area contributed by atoms with Gasteiger partial charge in [-0.1, -0.05) is 48.5 Å². The SMILES string of the molecule is O=C(N[C@@H](Cc1ccccc1F)C(=O)O)OCc1ccccc1. The van der Waals surface area contributed by atoms with Gasteiger partial charge in [-0.25, -0.2) is 14.0 Å². The van der Waals surface area contributed by atoms with Gasteiger partial charge in [0.1, 0.15) is 18.5 Å². The number of nitrogens with one attached hydrogen (secondary N) is 1. The smallest absolute Gasteiger partial charge is 0.408 e. The maximum absolute atomic E-state index is 13.6. The van der Waals surface area contributed by atoms with Gasteiger partial charge in [-0.3, -0.25) is 0 Å². The number of carbonyl (C=O) groups excluding carboxylic acids is 1. The Bertz CT molecular complexity index is 675. The van der Waals surface area contributed by atoms with Crippen LogP contribution >= 0.6 is 0 Å². The molecule has 0 aliphatic rings. The Kier molecular flexibility index (Phi) is 5.68. The normalized spacial score (nSPS) is 11.5. The van der Waals surface area contributed by atoms with Crippen molar-refractivity contribution >= 4 is 12.1 Å². The number of rotatable bonds is 6. The average Bonchev–Trinajstić information content (AvgIpc) is 2.55. The second kappa shape index (κ2) is 7.93. The number of halogens is 1. The standard InChI is InChI=1S/C17H16FNO4/c18-14-9-5-4-8-13(14)10-15(16(20)21)19-17(22)23-11-12-6-2-1-3-7-12/h1-9,15H,10-11H2,(H,19,22)(H,20,21)/t15-/m0/s1. The monoisotopic (exact) mass is 317 g/mol. The van der Waals surface area contributed by atoms with Gasteiger partial charge in [-0.15, -0.1) is 0 Å². The molecule has 0 aromatic heterocycles. The number of benzene rings is 2. The highest BCUT2D eigenvalue weighted by Gasteiger charge is 2.22. The van der Waals surface area contributed by atoms with Crippen LogP contribution in [0.25, 0.3) is 0 Å². The van der Waals surface area contributed by atoms with E-state index in [1.165, 1.54) is 18.2 Å². The molecule has 0 heterocycles. The van der Waals surface area contributed by atoms with Crippen molar-refractivity contribution in [2.75, 3.05) is 0 Å². The summed E-state index contributed by atoms with van der Waals surface area (Å²) < 4.78 is 18.6. The zero-order valence-corrected chi connectivity index (χ0v) is 12.2. The highest BCUT2D eigenvalue weighted by molar-refractivity contribution is 5.80. The molecule has 0 fully saturated rings. The summed E-state index contributed by atoms with van der Waals surface area (Å²) in [5, 5.41) is 11.4. The zero-order chi connectivity index (χ0) is 16.7. The Labute approximate surface area is 132 Å². The van der Waals surface area contributed by atoms with Crippen LogP contribution in [0.15, 0.2) is 54.6 Å². The van der Waals surface area contributed by atoms with Crippen LogP contribution < -0.4 is 5.32 Å². The second-order valence-electron chi connectivity index (χ2n) is 4.89. The highest BCUT2D eigenvalue weighted by atomic mass is 19.1. The van der Waals surface area contributed by atoms with E-state index in [0.29, 0.717) is 0 Å². The third-order valence-corrected chi connectivity index (χ3v) is 3.18. The first-order valence-electron chi connectivity index (χ1n) is 6.99. The van der Waals surface area contributed by atoms with Gasteiger partial charge >= 0.3 is 12.1 Å². The molecule has 2 aromatic rings. The summed E-state index contributed by atoms with van der Waals surface area (Å²) in [7, 11) is 0. The molecule has 0 aliphatic heterocycles. The molecule has 23 heavy (non-hydrogen) atoms. The van der Waals surface area contributed by atoms with Crippen LogP contribution in [0.2, 0.25) is 0 Å². The predicted octanol–water partition coefficient (Wildman–Crippen LogP) is 2.75. The molecular formula is C17H16FNO4. The molecule has 6 heteroatoms. The molecule has 1 amide bonds. The van der Waals surface area contributed by atoms with Gasteiger partial charge in [-0.05, 0) is 17.2 Å². The number of amides is 1. The molecule has 5 nitrogen and oxygen atoms in total. The average molecular weight is 317 g/mol. The minimum Gasteiger partial charge on any atom is -0.480 e. The summed E-state index contributed by atoms with van der Waals surface area (Å²) in [5.74, 6) is -1.77. The molecule has 0 saturated heterocycles. The van der Waals surface area contributed by atoms with E-state index in [1.54, 1.807) is 30.3 Å². The molecule has 0 unspecified atom stereocenters. The summed E-state index contributed by atoms with van der Waals surface area (Å²) in [5.41, 5.74) is 0.992. The van der Waals surface area contributed by atoms with E-state index in [1.807, 2.05) is 6.07 Å². The third kappa shape index (κ3) is 5.10. The zero-order valence-electron chi connectivity index (χ0n) is 12.2. The molecule has 120 valence electrons. The molecular weight excluding hydrogens is 301 g/mol. The van der Waals surface area contributed by atoms with Crippen molar-refractivity contribution in [2.45, 2.75) is 19.1 Å². The maximum Gasteiger partial charge on any atom is 0.408 e. The van der Waals surface area contributed by atoms with Crippen LogP contribution in [0.4, 0.5) is 9.18 Å². The first kappa shape index (κ1) is 16.5. The van der Waals surface area contributed by atoms with Gasteiger partial charge in [0, 0.05) is 6.42 Å². The van der Waals surface area contributed by atoms with Crippen LogP contribution in [0.5, 0.6) is 0 Å². The van der Waals surface area contributed by atoms with E-state index in [9.17, 15) is 14.0 Å². The van der Waals surface area contributed by atoms with Crippen molar-refractivity contribution < 1.29 is 23.8 Å². The van der Waals surface area contributed by atoms with Crippen molar-refractivity contribution in [1.29, 1.82) is 0 Å². The molecule has 0 radical (unpaired) electrons. The lowest BCUT2D eigenvalue weighted by Crippen LogP contribution is -2.42. The van der Waals surface area contributed by atoms with E-state index < -0.39 is 23.9 Å². The summed E-state index contributed by atoms with van der Waals surface area (Å²) in [4.78, 5) is 22.9. The van der Waals surface area contributed by atoms with E-state index in [-0.39, 0.29) is 18.6 Å². The van der Waals surface area contributed by atoms with Gasteiger partial charge in [0.05, 0.1) is 0 Å². The van der Waals surface area contributed by atoms with Crippen molar-refractivity contribution in [3.05, 3.63) is 71.5 Å². The first-order valence-corrected chi connectivity index (χ1v) is 6.99. The van der Waals surface area contributed by atoms with Crippen LogP contribution in [-0.2, 0) is 22.6 Å². The fraction of sp³-hybridized carbons (Fsp3) is 0.176. The third-order valence-electron chi connectivity index (χ3n) is 3.18. The van der Waals surface area contributed by atoms with E-state index in [4.69, 9.17) is 9.84 Å². The number of hydrogen-bond donors (Lipinski definition) is 2. The van der Waals surface area contributed by atoms with Crippen molar-refractivity contribution in [1.82, 2.24) is 5.32 Å². The van der Waals surface area contributed by atoms with Crippen LogP contribution in [0.3, 0.4) is 0 Å². The lowest BCUT2D eigenvalue weighted by atomic mass is 10.1. The number of ether oxygens (including phenoxy) is 1. The van der Waals surface area contributed by atoms with Gasteiger partial charge in [0.25, 0.3) is 0 Å². The van der Waals surface area contributed by atoms with E-state index in [0.717, 1.165) is 5.56 Å². The second-order valence-corrected chi connectivity index (χ2v) is 4.89.